The van der Waals surface area contributed by atoms with Crippen molar-refractivity contribution in [3.8, 4) is 5.88 Å². The molecule has 7 heteroatoms. The maximum Gasteiger partial charge on any atom is 0.410 e. The Morgan fingerprint density at radius 3 is 2.92 bits per heavy atom. The Kier molecular flexibility index (Phi) is 6.23. The quantitative estimate of drug-likeness (QED) is 0.891. The molecule has 24 heavy (non-hydrogen) atoms. The average Bonchev–Trinajstić information content (AvgIpc) is 2.52. The fourth-order valence-electron chi connectivity index (χ4n) is 2.64. The van der Waals surface area contributed by atoms with E-state index in [-0.39, 0.29) is 6.09 Å². The van der Waals surface area contributed by atoms with E-state index >= 15 is 0 Å². The van der Waals surface area contributed by atoms with Crippen LogP contribution in [0, 0.1) is 5.92 Å². The van der Waals surface area contributed by atoms with Gasteiger partial charge >= 0.3 is 6.09 Å². The number of rotatable bonds is 5. The maximum absolute atomic E-state index is 12.2. The van der Waals surface area contributed by atoms with Gasteiger partial charge in [-0.15, -0.1) is 0 Å². The van der Waals surface area contributed by atoms with Crippen molar-refractivity contribution >= 4 is 11.9 Å². The van der Waals surface area contributed by atoms with Gasteiger partial charge in [0.25, 0.3) is 0 Å². The Labute approximate surface area is 143 Å². The van der Waals surface area contributed by atoms with Gasteiger partial charge in [0.1, 0.15) is 17.7 Å². The van der Waals surface area contributed by atoms with Gasteiger partial charge in [0, 0.05) is 25.7 Å². The van der Waals surface area contributed by atoms with E-state index < -0.39 is 5.60 Å². The highest BCUT2D eigenvalue weighted by Gasteiger charge is 2.27. The largest absolute Gasteiger partial charge is 0.478 e. The number of ether oxygens (including phenoxy) is 2. The van der Waals surface area contributed by atoms with Gasteiger partial charge in [-0.25, -0.2) is 14.8 Å². The Hall–Kier alpha value is -2.05. The number of piperidine rings is 1. The summed E-state index contributed by atoms with van der Waals surface area (Å²) in [5.41, 5.74) is -0.459. The van der Waals surface area contributed by atoms with E-state index in [2.05, 4.69) is 15.3 Å². The number of likely N-dealkylation sites (tertiary alicyclic amines) is 1. The van der Waals surface area contributed by atoms with Gasteiger partial charge in [-0.05, 0) is 46.5 Å². The van der Waals surface area contributed by atoms with Crippen LogP contribution in [0.3, 0.4) is 0 Å². The van der Waals surface area contributed by atoms with Gasteiger partial charge in [0.2, 0.25) is 5.88 Å². The number of hydrogen-bond donors (Lipinski definition) is 1. The van der Waals surface area contributed by atoms with E-state index in [1.54, 1.807) is 11.0 Å². The minimum Gasteiger partial charge on any atom is -0.478 e. The molecule has 2 rings (SSSR count). The Bertz CT molecular complexity index is 545. The van der Waals surface area contributed by atoms with Crippen LogP contribution in [-0.4, -0.2) is 52.8 Å². The second kappa shape index (κ2) is 8.17. The van der Waals surface area contributed by atoms with Crippen LogP contribution in [0.1, 0.15) is 40.5 Å². The van der Waals surface area contributed by atoms with Crippen molar-refractivity contribution in [3.05, 3.63) is 12.4 Å². The monoisotopic (exact) mass is 336 g/mol. The molecule has 1 atom stereocenters. The minimum absolute atomic E-state index is 0.229. The van der Waals surface area contributed by atoms with Crippen molar-refractivity contribution in [2.24, 2.45) is 5.92 Å². The second-order valence-electron chi connectivity index (χ2n) is 6.99. The number of hydrogen-bond acceptors (Lipinski definition) is 6. The lowest BCUT2D eigenvalue weighted by atomic mass is 9.98. The molecule has 1 aromatic rings. The molecular weight excluding hydrogens is 308 g/mol. The summed E-state index contributed by atoms with van der Waals surface area (Å²) in [6.45, 7) is 10.4. The van der Waals surface area contributed by atoms with Gasteiger partial charge in [0.05, 0.1) is 6.61 Å². The molecule has 1 aliphatic heterocycles. The molecule has 1 aromatic heterocycles. The summed E-state index contributed by atoms with van der Waals surface area (Å²) in [6, 6.07) is 1.79. The summed E-state index contributed by atoms with van der Waals surface area (Å²) >= 11 is 0. The van der Waals surface area contributed by atoms with E-state index in [9.17, 15) is 4.79 Å². The van der Waals surface area contributed by atoms with Crippen LogP contribution in [-0.2, 0) is 4.74 Å². The fraction of sp³-hybridized carbons (Fsp3) is 0.706. The van der Waals surface area contributed by atoms with Crippen molar-refractivity contribution in [2.45, 2.75) is 46.1 Å². The average molecular weight is 336 g/mol. The van der Waals surface area contributed by atoms with E-state index in [4.69, 9.17) is 9.47 Å². The van der Waals surface area contributed by atoms with Crippen LogP contribution in [0.15, 0.2) is 12.4 Å². The lowest BCUT2D eigenvalue weighted by molar-refractivity contribution is 0.0172. The first-order valence-corrected chi connectivity index (χ1v) is 8.54. The number of carbonyl (C=O) groups is 1. The van der Waals surface area contributed by atoms with E-state index in [1.807, 2.05) is 27.7 Å². The topological polar surface area (TPSA) is 76.6 Å². The zero-order valence-electron chi connectivity index (χ0n) is 15.0. The Morgan fingerprint density at radius 2 is 2.21 bits per heavy atom. The lowest BCUT2D eigenvalue weighted by Crippen LogP contribution is -2.44. The number of amides is 1. The minimum atomic E-state index is -0.459. The molecule has 7 nitrogen and oxygen atoms in total. The van der Waals surface area contributed by atoms with E-state index in [0.717, 1.165) is 31.7 Å². The van der Waals surface area contributed by atoms with Crippen LogP contribution >= 0.6 is 0 Å². The first kappa shape index (κ1) is 18.3. The normalized spacial score (nSPS) is 18.2. The molecular formula is C17H28N4O3. The van der Waals surface area contributed by atoms with Crippen LogP contribution in [0.2, 0.25) is 0 Å². The molecule has 0 aliphatic carbocycles. The zero-order valence-corrected chi connectivity index (χ0v) is 15.0. The standard InChI is InChI=1S/C17H28N4O3/c1-5-23-15-9-14(19-12-20-15)18-10-13-7-6-8-21(11-13)16(22)24-17(2,3)4/h9,12-13H,5-8,10-11H2,1-4H3,(H,18,19,20). The molecule has 1 N–H and O–H groups in total. The van der Waals surface area contributed by atoms with Crippen LogP contribution < -0.4 is 10.1 Å². The third kappa shape index (κ3) is 5.86. The molecule has 0 aromatic carbocycles. The number of nitrogens with zero attached hydrogens (tertiary/aromatic N) is 3. The molecule has 0 radical (unpaired) electrons. The van der Waals surface area contributed by atoms with Crippen molar-refractivity contribution in [2.75, 3.05) is 31.6 Å². The molecule has 0 saturated carbocycles. The molecule has 0 bridgehead atoms. The summed E-state index contributed by atoms with van der Waals surface area (Å²) in [5.74, 6) is 1.67. The first-order chi connectivity index (χ1) is 11.4. The second-order valence-corrected chi connectivity index (χ2v) is 6.99. The van der Waals surface area contributed by atoms with E-state index in [0.29, 0.717) is 24.9 Å². The Morgan fingerprint density at radius 1 is 1.42 bits per heavy atom. The van der Waals surface area contributed by atoms with Crippen molar-refractivity contribution in [1.29, 1.82) is 0 Å². The fourth-order valence-corrected chi connectivity index (χ4v) is 2.64. The molecule has 134 valence electrons. The van der Waals surface area contributed by atoms with Crippen LogP contribution in [0.25, 0.3) is 0 Å². The SMILES string of the molecule is CCOc1cc(NCC2CCCN(C(=O)OC(C)(C)C)C2)ncn1. The van der Waals surface area contributed by atoms with Gasteiger partial charge in [-0.2, -0.15) is 0 Å². The third-order valence-corrected chi connectivity index (χ3v) is 3.68. The van der Waals surface area contributed by atoms with Gasteiger partial charge < -0.3 is 19.7 Å². The summed E-state index contributed by atoms with van der Waals surface area (Å²) in [7, 11) is 0. The summed E-state index contributed by atoms with van der Waals surface area (Å²) < 4.78 is 10.8. The van der Waals surface area contributed by atoms with Crippen LogP contribution in [0.5, 0.6) is 5.88 Å². The highest BCUT2D eigenvalue weighted by Crippen LogP contribution is 2.20. The third-order valence-electron chi connectivity index (χ3n) is 3.68. The highest BCUT2D eigenvalue weighted by atomic mass is 16.6. The number of nitrogens with one attached hydrogen (secondary N) is 1. The number of aromatic nitrogens is 2. The summed E-state index contributed by atoms with van der Waals surface area (Å²) in [4.78, 5) is 22.2. The van der Waals surface area contributed by atoms with Crippen molar-refractivity contribution in [3.63, 3.8) is 0 Å². The van der Waals surface area contributed by atoms with E-state index in [1.165, 1.54) is 6.33 Å². The maximum atomic E-state index is 12.2. The smallest absolute Gasteiger partial charge is 0.410 e. The predicted molar refractivity (Wildman–Crippen MR) is 92.2 cm³/mol. The molecule has 1 aliphatic rings. The number of carbonyl (C=O) groups excluding carboxylic acids is 1. The first-order valence-electron chi connectivity index (χ1n) is 8.54. The molecule has 1 fully saturated rings. The molecule has 0 spiro atoms. The van der Waals surface area contributed by atoms with Gasteiger partial charge in [-0.3, -0.25) is 0 Å². The highest BCUT2D eigenvalue weighted by molar-refractivity contribution is 5.68. The molecule has 1 amide bonds. The van der Waals surface area contributed by atoms with Crippen molar-refractivity contribution in [1.82, 2.24) is 14.9 Å². The lowest BCUT2D eigenvalue weighted by Gasteiger charge is -2.34. The molecule has 1 saturated heterocycles. The van der Waals surface area contributed by atoms with Crippen LogP contribution in [0.4, 0.5) is 10.6 Å². The van der Waals surface area contributed by atoms with Gasteiger partial charge in [-0.1, -0.05) is 0 Å². The molecule has 1 unspecified atom stereocenters. The predicted octanol–water partition coefficient (Wildman–Crippen LogP) is 2.93. The summed E-state index contributed by atoms with van der Waals surface area (Å²) in [5, 5.41) is 3.31. The Balaban J connectivity index is 1.84. The molecule has 2 heterocycles. The van der Waals surface area contributed by atoms with Gasteiger partial charge in [0.15, 0.2) is 0 Å². The summed E-state index contributed by atoms with van der Waals surface area (Å²) in [6.07, 6.45) is 3.32. The zero-order chi connectivity index (χ0) is 17.6. The van der Waals surface area contributed by atoms with Crippen molar-refractivity contribution < 1.29 is 14.3 Å². The number of anilines is 1.